The van der Waals surface area contributed by atoms with Gasteiger partial charge in [-0.2, -0.15) is 15.3 Å². The van der Waals surface area contributed by atoms with Crippen LogP contribution < -0.4 is 0 Å². The van der Waals surface area contributed by atoms with E-state index in [0.717, 1.165) is 35.5 Å². The summed E-state index contributed by atoms with van der Waals surface area (Å²) in [6, 6.07) is 1.89. The van der Waals surface area contributed by atoms with Crippen LogP contribution in [0, 0.1) is 6.92 Å². The third kappa shape index (κ3) is 2.41. The molecule has 5 nitrogen and oxygen atoms in total. The van der Waals surface area contributed by atoms with Crippen molar-refractivity contribution in [3.8, 4) is 0 Å². The Morgan fingerprint density at radius 1 is 1.33 bits per heavy atom. The quantitative estimate of drug-likeness (QED) is 0.890. The molecule has 1 atom stereocenters. The maximum absolute atomic E-state index is 10.4. The van der Waals surface area contributed by atoms with E-state index in [1.54, 1.807) is 10.9 Å². The van der Waals surface area contributed by atoms with Crippen molar-refractivity contribution in [1.29, 1.82) is 0 Å². The molecule has 0 fully saturated rings. The SMILES string of the molecule is CCc1nnc(C)cc1C(O)c1cnn(CC)c1. The normalized spacial score (nSPS) is 12.7. The minimum atomic E-state index is -0.686. The second-order valence-electron chi connectivity index (χ2n) is 4.27. The van der Waals surface area contributed by atoms with Crippen molar-refractivity contribution in [2.45, 2.75) is 39.8 Å². The van der Waals surface area contributed by atoms with Crippen molar-refractivity contribution in [3.05, 3.63) is 41.0 Å². The third-order valence-corrected chi connectivity index (χ3v) is 2.95. The second-order valence-corrected chi connectivity index (χ2v) is 4.27. The molecule has 0 aliphatic rings. The van der Waals surface area contributed by atoms with Crippen LogP contribution in [0.25, 0.3) is 0 Å². The highest BCUT2D eigenvalue weighted by atomic mass is 16.3. The van der Waals surface area contributed by atoms with Crippen LogP contribution in [-0.2, 0) is 13.0 Å². The van der Waals surface area contributed by atoms with Crippen molar-refractivity contribution >= 4 is 0 Å². The molecule has 2 aromatic rings. The van der Waals surface area contributed by atoms with E-state index in [0.29, 0.717) is 0 Å². The van der Waals surface area contributed by atoms with Crippen molar-refractivity contribution in [2.75, 3.05) is 0 Å². The van der Waals surface area contributed by atoms with Gasteiger partial charge in [-0.1, -0.05) is 6.92 Å². The van der Waals surface area contributed by atoms with E-state index in [1.165, 1.54) is 0 Å². The van der Waals surface area contributed by atoms with Crippen LogP contribution in [0.4, 0.5) is 0 Å². The summed E-state index contributed by atoms with van der Waals surface area (Å²) in [5.41, 5.74) is 3.25. The fourth-order valence-electron chi connectivity index (χ4n) is 1.92. The molecule has 5 heteroatoms. The maximum Gasteiger partial charge on any atom is 0.109 e. The first kappa shape index (κ1) is 12.7. The van der Waals surface area contributed by atoms with Crippen LogP contribution in [-0.4, -0.2) is 25.1 Å². The van der Waals surface area contributed by atoms with Crippen molar-refractivity contribution in [1.82, 2.24) is 20.0 Å². The number of rotatable bonds is 4. The summed E-state index contributed by atoms with van der Waals surface area (Å²) < 4.78 is 1.80. The fourth-order valence-corrected chi connectivity index (χ4v) is 1.92. The zero-order chi connectivity index (χ0) is 13.1. The molecule has 18 heavy (non-hydrogen) atoms. The average Bonchev–Trinajstić information content (AvgIpc) is 2.86. The number of aromatic nitrogens is 4. The van der Waals surface area contributed by atoms with Crippen molar-refractivity contribution in [3.63, 3.8) is 0 Å². The Bertz CT molecular complexity index is 536. The van der Waals surface area contributed by atoms with Crippen molar-refractivity contribution < 1.29 is 5.11 Å². The van der Waals surface area contributed by atoms with Gasteiger partial charge >= 0.3 is 0 Å². The molecule has 2 rings (SSSR count). The molecule has 0 aliphatic heterocycles. The Balaban J connectivity index is 2.38. The van der Waals surface area contributed by atoms with Gasteiger partial charge in [-0.05, 0) is 26.3 Å². The second kappa shape index (κ2) is 5.27. The van der Waals surface area contributed by atoms with Crippen molar-refractivity contribution in [2.24, 2.45) is 0 Å². The molecule has 0 saturated heterocycles. The molecule has 0 aromatic carbocycles. The lowest BCUT2D eigenvalue weighted by Crippen LogP contribution is -2.07. The van der Waals surface area contributed by atoms with Crippen LogP contribution in [0.5, 0.6) is 0 Å². The molecule has 1 unspecified atom stereocenters. The van der Waals surface area contributed by atoms with Gasteiger partial charge < -0.3 is 5.11 Å². The lowest BCUT2D eigenvalue weighted by Gasteiger charge is -2.12. The minimum absolute atomic E-state index is 0.686. The van der Waals surface area contributed by atoms with E-state index in [-0.39, 0.29) is 0 Å². The topological polar surface area (TPSA) is 63.8 Å². The maximum atomic E-state index is 10.4. The van der Waals surface area contributed by atoms with Gasteiger partial charge in [0.15, 0.2) is 0 Å². The fraction of sp³-hybridized carbons (Fsp3) is 0.462. The van der Waals surface area contributed by atoms with Gasteiger partial charge in [-0.15, -0.1) is 0 Å². The van der Waals surface area contributed by atoms with E-state index in [4.69, 9.17) is 0 Å². The summed E-state index contributed by atoms with van der Waals surface area (Å²) >= 11 is 0. The van der Waals surface area contributed by atoms with E-state index >= 15 is 0 Å². The first-order valence-corrected chi connectivity index (χ1v) is 6.19. The summed E-state index contributed by atoms with van der Waals surface area (Å²) in [5, 5.41) is 22.8. The van der Waals surface area contributed by atoms with E-state index < -0.39 is 6.10 Å². The molecular formula is C13H18N4O. The third-order valence-electron chi connectivity index (χ3n) is 2.95. The molecule has 96 valence electrons. The highest BCUT2D eigenvalue weighted by Gasteiger charge is 2.17. The lowest BCUT2D eigenvalue weighted by atomic mass is 10.0. The Hall–Kier alpha value is -1.75. The number of aliphatic hydroxyl groups excluding tert-OH is 1. The molecule has 1 N–H and O–H groups in total. The Morgan fingerprint density at radius 3 is 2.72 bits per heavy atom. The molecule has 0 radical (unpaired) electrons. The highest BCUT2D eigenvalue weighted by molar-refractivity contribution is 5.30. The number of nitrogens with zero attached hydrogens (tertiary/aromatic N) is 4. The zero-order valence-corrected chi connectivity index (χ0v) is 11.0. The largest absolute Gasteiger partial charge is 0.383 e. The van der Waals surface area contributed by atoms with Gasteiger partial charge in [0.2, 0.25) is 0 Å². The summed E-state index contributed by atoms with van der Waals surface area (Å²) in [4.78, 5) is 0. The summed E-state index contributed by atoms with van der Waals surface area (Å²) in [6.45, 7) is 6.68. The standard InChI is InChI=1S/C13H18N4O/c1-4-12-11(6-9(3)15-16-12)13(18)10-7-14-17(5-2)8-10/h6-8,13,18H,4-5H2,1-3H3. The van der Waals surface area contributed by atoms with Crippen LogP contribution in [0.2, 0.25) is 0 Å². The lowest BCUT2D eigenvalue weighted by molar-refractivity contribution is 0.218. The monoisotopic (exact) mass is 246 g/mol. The molecule has 0 amide bonds. The average molecular weight is 246 g/mol. The van der Waals surface area contributed by atoms with Gasteiger partial charge in [-0.3, -0.25) is 4.68 Å². The van der Waals surface area contributed by atoms with Gasteiger partial charge in [0.1, 0.15) is 6.10 Å². The Labute approximate surface area is 106 Å². The molecule has 2 aromatic heterocycles. The molecule has 2 heterocycles. The smallest absolute Gasteiger partial charge is 0.109 e. The van der Waals surface area contributed by atoms with Crippen LogP contribution in [0.1, 0.15) is 42.5 Å². The first-order chi connectivity index (χ1) is 8.65. The number of aryl methyl sites for hydroxylation is 3. The van der Waals surface area contributed by atoms with Gasteiger partial charge in [0.05, 0.1) is 17.6 Å². The predicted octanol–water partition coefficient (Wildman–Crippen LogP) is 1.65. The number of aliphatic hydroxyl groups is 1. The molecule has 0 bridgehead atoms. The van der Waals surface area contributed by atoms with Gasteiger partial charge in [0.25, 0.3) is 0 Å². The van der Waals surface area contributed by atoms with Crippen LogP contribution >= 0.6 is 0 Å². The van der Waals surface area contributed by atoms with Crippen LogP contribution in [0.3, 0.4) is 0 Å². The number of hydrogen-bond acceptors (Lipinski definition) is 4. The van der Waals surface area contributed by atoms with E-state index in [1.807, 2.05) is 33.0 Å². The molecular weight excluding hydrogens is 228 g/mol. The van der Waals surface area contributed by atoms with E-state index in [2.05, 4.69) is 15.3 Å². The zero-order valence-electron chi connectivity index (χ0n) is 11.0. The minimum Gasteiger partial charge on any atom is -0.383 e. The number of hydrogen-bond donors (Lipinski definition) is 1. The summed E-state index contributed by atoms with van der Waals surface area (Å²) in [6.07, 6.45) is 3.62. The van der Waals surface area contributed by atoms with E-state index in [9.17, 15) is 5.11 Å². The molecule has 0 aliphatic carbocycles. The molecule has 0 spiro atoms. The first-order valence-electron chi connectivity index (χ1n) is 6.19. The molecule has 0 saturated carbocycles. The Kier molecular flexibility index (Phi) is 3.72. The Morgan fingerprint density at radius 2 is 2.11 bits per heavy atom. The highest BCUT2D eigenvalue weighted by Crippen LogP contribution is 2.24. The predicted molar refractivity (Wildman–Crippen MR) is 68.1 cm³/mol. The summed E-state index contributed by atoms with van der Waals surface area (Å²) in [5.74, 6) is 0. The van der Waals surface area contributed by atoms with Crippen LogP contribution in [0.15, 0.2) is 18.5 Å². The van der Waals surface area contributed by atoms with Gasteiger partial charge in [-0.25, -0.2) is 0 Å². The van der Waals surface area contributed by atoms with Gasteiger partial charge in [0, 0.05) is 23.9 Å². The summed E-state index contributed by atoms with van der Waals surface area (Å²) in [7, 11) is 0.